The summed E-state index contributed by atoms with van der Waals surface area (Å²) < 4.78 is 13.7. The summed E-state index contributed by atoms with van der Waals surface area (Å²) in [6.07, 6.45) is 0.0505. The number of hydrogen-bond donors (Lipinski definition) is 2. The molecule has 1 aliphatic heterocycles. The third-order valence-corrected chi connectivity index (χ3v) is 4.12. The maximum Gasteiger partial charge on any atom is 0.229 e. The molecule has 0 radical (unpaired) electrons. The average molecular weight is 328 g/mol. The Hall–Kier alpha value is -2.89. The summed E-state index contributed by atoms with van der Waals surface area (Å²) in [4.78, 5) is 25.9. The number of aromatic hydroxyl groups is 1. The van der Waals surface area contributed by atoms with Crippen LogP contribution in [-0.2, 0) is 9.59 Å². The molecule has 5 nitrogen and oxygen atoms in total. The maximum absolute atomic E-state index is 13.7. The first-order valence-corrected chi connectivity index (χ1v) is 7.61. The Kier molecular flexibility index (Phi) is 4.20. The number of nitrogens with one attached hydrogen (secondary N) is 1. The number of anilines is 2. The van der Waals surface area contributed by atoms with Crippen molar-refractivity contribution in [3.05, 3.63) is 53.8 Å². The highest BCUT2D eigenvalue weighted by Gasteiger charge is 2.35. The number of halogens is 1. The van der Waals surface area contributed by atoms with Gasteiger partial charge in [0, 0.05) is 18.7 Å². The van der Waals surface area contributed by atoms with Crippen molar-refractivity contribution in [3.8, 4) is 5.75 Å². The molecule has 24 heavy (non-hydrogen) atoms. The number of carbonyl (C=O) groups is 2. The van der Waals surface area contributed by atoms with E-state index < -0.39 is 5.92 Å². The highest BCUT2D eigenvalue weighted by atomic mass is 19.1. The molecule has 2 amide bonds. The van der Waals surface area contributed by atoms with Gasteiger partial charge in [0.15, 0.2) is 0 Å². The summed E-state index contributed by atoms with van der Waals surface area (Å²) in [5.41, 5.74) is 1.25. The predicted octanol–water partition coefficient (Wildman–Crippen LogP) is 2.83. The SMILES string of the molecule is Cc1ccc(N2C[C@H](C(=O)Nc3ccccc3O)CC2=O)cc1F. The molecule has 1 aliphatic rings. The summed E-state index contributed by atoms with van der Waals surface area (Å²) in [5.74, 6) is -1.55. The standard InChI is InChI=1S/C18H17FN2O3/c1-11-6-7-13(9-14(11)19)21-10-12(8-17(21)23)18(24)20-15-4-2-3-5-16(15)22/h2-7,9,12,22H,8,10H2,1H3,(H,20,24)/t12-/m1/s1. The van der Waals surface area contributed by atoms with Crippen LogP contribution in [0.15, 0.2) is 42.5 Å². The van der Waals surface area contributed by atoms with E-state index in [0.29, 0.717) is 16.9 Å². The van der Waals surface area contributed by atoms with E-state index in [-0.39, 0.29) is 36.3 Å². The number of rotatable bonds is 3. The minimum absolute atomic E-state index is 0.0346. The molecule has 0 aromatic heterocycles. The third kappa shape index (κ3) is 3.08. The second kappa shape index (κ2) is 6.31. The summed E-state index contributed by atoms with van der Waals surface area (Å²) in [7, 11) is 0. The van der Waals surface area contributed by atoms with Crippen molar-refractivity contribution in [1.82, 2.24) is 0 Å². The van der Waals surface area contributed by atoms with Gasteiger partial charge in [0.25, 0.3) is 0 Å². The number of hydrogen-bond acceptors (Lipinski definition) is 3. The van der Waals surface area contributed by atoms with Gasteiger partial charge in [0.05, 0.1) is 11.6 Å². The Bertz CT molecular complexity index is 807. The molecular weight excluding hydrogens is 311 g/mol. The number of phenols is 1. The Morgan fingerprint density at radius 3 is 2.75 bits per heavy atom. The van der Waals surface area contributed by atoms with Gasteiger partial charge in [-0.25, -0.2) is 4.39 Å². The van der Waals surface area contributed by atoms with Gasteiger partial charge in [0.1, 0.15) is 11.6 Å². The van der Waals surface area contributed by atoms with Crippen molar-refractivity contribution in [2.45, 2.75) is 13.3 Å². The predicted molar refractivity (Wildman–Crippen MR) is 88.3 cm³/mol. The monoisotopic (exact) mass is 328 g/mol. The summed E-state index contributed by atoms with van der Waals surface area (Å²) in [6.45, 7) is 1.83. The molecular formula is C18H17FN2O3. The quantitative estimate of drug-likeness (QED) is 0.851. The Morgan fingerprint density at radius 2 is 2.04 bits per heavy atom. The molecule has 1 fully saturated rings. The first-order valence-electron chi connectivity index (χ1n) is 7.61. The Balaban J connectivity index is 1.73. The molecule has 0 unspecified atom stereocenters. The number of carbonyl (C=O) groups excluding carboxylic acids is 2. The lowest BCUT2D eigenvalue weighted by atomic mass is 10.1. The fourth-order valence-electron chi connectivity index (χ4n) is 2.70. The Labute approximate surface area is 138 Å². The van der Waals surface area contributed by atoms with E-state index in [1.54, 1.807) is 37.3 Å². The van der Waals surface area contributed by atoms with E-state index in [4.69, 9.17) is 0 Å². The van der Waals surface area contributed by atoms with E-state index >= 15 is 0 Å². The zero-order valence-corrected chi connectivity index (χ0v) is 13.1. The molecule has 1 heterocycles. The first kappa shape index (κ1) is 16.0. The normalized spacial score (nSPS) is 17.2. The van der Waals surface area contributed by atoms with Crippen LogP contribution in [0.2, 0.25) is 0 Å². The third-order valence-electron chi connectivity index (χ3n) is 4.12. The minimum atomic E-state index is -0.554. The minimum Gasteiger partial charge on any atom is -0.506 e. The van der Waals surface area contributed by atoms with Gasteiger partial charge in [-0.15, -0.1) is 0 Å². The van der Waals surface area contributed by atoms with Gasteiger partial charge in [-0.2, -0.15) is 0 Å². The van der Waals surface area contributed by atoms with Crippen molar-refractivity contribution in [2.75, 3.05) is 16.8 Å². The number of amides is 2. The lowest BCUT2D eigenvalue weighted by Crippen LogP contribution is -2.28. The molecule has 1 saturated heterocycles. The van der Waals surface area contributed by atoms with Crippen LogP contribution in [-0.4, -0.2) is 23.5 Å². The molecule has 124 valence electrons. The van der Waals surface area contributed by atoms with Crippen molar-refractivity contribution in [1.29, 1.82) is 0 Å². The van der Waals surface area contributed by atoms with Crippen LogP contribution >= 0.6 is 0 Å². The summed E-state index contributed by atoms with van der Waals surface area (Å²) in [5, 5.41) is 12.3. The van der Waals surface area contributed by atoms with Crippen LogP contribution < -0.4 is 10.2 Å². The van der Waals surface area contributed by atoms with Crippen LogP contribution in [0.4, 0.5) is 15.8 Å². The van der Waals surface area contributed by atoms with Crippen molar-refractivity contribution in [3.63, 3.8) is 0 Å². The molecule has 2 aromatic rings. The summed E-state index contributed by atoms with van der Waals surface area (Å²) in [6, 6.07) is 11.0. The molecule has 3 rings (SSSR count). The van der Waals surface area contributed by atoms with Crippen LogP contribution in [0.1, 0.15) is 12.0 Å². The lowest BCUT2D eigenvalue weighted by Gasteiger charge is -2.17. The van der Waals surface area contributed by atoms with Gasteiger partial charge < -0.3 is 15.3 Å². The first-order chi connectivity index (χ1) is 11.5. The topological polar surface area (TPSA) is 69.6 Å². The second-order valence-electron chi connectivity index (χ2n) is 5.85. The number of nitrogens with zero attached hydrogens (tertiary/aromatic N) is 1. The van der Waals surface area contributed by atoms with E-state index in [1.807, 2.05) is 0 Å². The van der Waals surface area contributed by atoms with Gasteiger partial charge in [-0.3, -0.25) is 9.59 Å². The highest BCUT2D eigenvalue weighted by molar-refractivity contribution is 6.03. The van der Waals surface area contributed by atoms with Crippen LogP contribution in [0.5, 0.6) is 5.75 Å². The van der Waals surface area contributed by atoms with Crippen molar-refractivity contribution < 1.29 is 19.1 Å². The molecule has 0 bridgehead atoms. The van der Waals surface area contributed by atoms with Crippen LogP contribution in [0.3, 0.4) is 0 Å². The number of para-hydroxylation sites is 2. The number of phenolic OH excluding ortho intramolecular Hbond substituents is 1. The summed E-state index contributed by atoms with van der Waals surface area (Å²) >= 11 is 0. The van der Waals surface area contributed by atoms with E-state index in [2.05, 4.69) is 5.32 Å². The number of benzene rings is 2. The zero-order valence-electron chi connectivity index (χ0n) is 13.1. The molecule has 2 aromatic carbocycles. The van der Waals surface area contributed by atoms with E-state index in [9.17, 15) is 19.1 Å². The van der Waals surface area contributed by atoms with Crippen molar-refractivity contribution in [2.24, 2.45) is 5.92 Å². The van der Waals surface area contributed by atoms with Gasteiger partial charge in [-0.05, 0) is 36.8 Å². The molecule has 0 spiro atoms. The molecule has 2 N–H and O–H groups in total. The highest BCUT2D eigenvalue weighted by Crippen LogP contribution is 2.28. The molecule has 1 atom stereocenters. The lowest BCUT2D eigenvalue weighted by molar-refractivity contribution is -0.122. The second-order valence-corrected chi connectivity index (χ2v) is 5.85. The maximum atomic E-state index is 13.7. The largest absolute Gasteiger partial charge is 0.506 e. The molecule has 0 saturated carbocycles. The smallest absolute Gasteiger partial charge is 0.229 e. The van der Waals surface area contributed by atoms with E-state index in [0.717, 1.165) is 0 Å². The van der Waals surface area contributed by atoms with Crippen molar-refractivity contribution >= 4 is 23.2 Å². The van der Waals surface area contributed by atoms with Crippen LogP contribution in [0.25, 0.3) is 0 Å². The average Bonchev–Trinajstić information content (AvgIpc) is 2.94. The van der Waals surface area contributed by atoms with Gasteiger partial charge >= 0.3 is 0 Å². The molecule has 6 heteroatoms. The fourth-order valence-corrected chi connectivity index (χ4v) is 2.70. The molecule has 0 aliphatic carbocycles. The van der Waals surface area contributed by atoms with E-state index in [1.165, 1.54) is 17.0 Å². The van der Waals surface area contributed by atoms with Gasteiger partial charge in [-0.1, -0.05) is 18.2 Å². The Morgan fingerprint density at radius 1 is 1.29 bits per heavy atom. The number of aryl methyl sites for hydroxylation is 1. The van der Waals surface area contributed by atoms with Gasteiger partial charge in [0.2, 0.25) is 11.8 Å². The zero-order chi connectivity index (χ0) is 17.3. The van der Waals surface area contributed by atoms with Crippen LogP contribution in [0, 0.1) is 18.7 Å². The fraction of sp³-hybridized carbons (Fsp3) is 0.222.